The fraction of sp³-hybridized carbons (Fsp3) is 0.304. The zero-order valence-corrected chi connectivity index (χ0v) is 16.8. The van der Waals surface area contributed by atoms with Crippen LogP contribution in [-0.2, 0) is 0 Å². The van der Waals surface area contributed by atoms with E-state index in [9.17, 15) is 5.26 Å². The summed E-state index contributed by atoms with van der Waals surface area (Å²) in [6, 6.07) is 16.0. The molecule has 6 nitrogen and oxygen atoms in total. The van der Waals surface area contributed by atoms with Gasteiger partial charge in [-0.05, 0) is 74.2 Å². The third kappa shape index (κ3) is 4.04. The van der Waals surface area contributed by atoms with Gasteiger partial charge in [-0.25, -0.2) is 4.68 Å². The summed E-state index contributed by atoms with van der Waals surface area (Å²) in [7, 11) is 0. The molecule has 0 unspecified atom stereocenters. The highest BCUT2D eigenvalue weighted by atomic mass is 16.5. The summed E-state index contributed by atoms with van der Waals surface area (Å²) >= 11 is 0. The zero-order chi connectivity index (χ0) is 20.4. The molecule has 2 aromatic carbocycles. The van der Waals surface area contributed by atoms with Gasteiger partial charge in [-0.2, -0.15) is 10.4 Å². The number of hydrogen-bond donors (Lipinski definition) is 1. The first-order chi connectivity index (χ1) is 14.0. The Kier molecular flexibility index (Phi) is 5.13. The second-order valence-electron chi connectivity index (χ2n) is 7.61. The minimum Gasteiger partial charge on any atom is -0.457 e. The Morgan fingerprint density at radius 3 is 2.55 bits per heavy atom. The lowest BCUT2D eigenvalue weighted by Gasteiger charge is -2.29. The first-order valence-corrected chi connectivity index (χ1v) is 9.89. The highest BCUT2D eigenvalue weighted by Gasteiger charge is 2.23. The van der Waals surface area contributed by atoms with Crippen molar-refractivity contribution in [3.05, 3.63) is 59.7 Å². The minimum absolute atomic E-state index is 0.129. The molecule has 4 rings (SSSR count). The monoisotopic (exact) mass is 387 g/mol. The summed E-state index contributed by atoms with van der Waals surface area (Å²) in [6.07, 6.45) is 4.18. The molecule has 3 aromatic rings. The van der Waals surface area contributed by atoms with Gasteiger partial charge in [-0.1, -0.05) is 6.07 Å². The average Bonchev–Trinajstić information content (AvgIpc) is 3.13. The molecule has 0 radical (unpaired) electrons. The van der Waals surface area contributed by atoms with Crippen molar-refractivity contribution in [2.24, 2.45) is 0 Å². The maximum atomic E-state index is 9.17. The van der Waals surface area contributed by atoms with E-state index in [1.165, 1.54) is 11.1 Å². The molecular weight excluding hydrogens is 362 g/mol. The van der Waals surface area contributed by atoms with Crippen molar-refractivity contribution in [2.75, 3.05) is 18.8 Å². The quantitative estimate of drug-likeness (QED) is 0.659. The van der Waals surface area contributed by atoms with Crippen molar-refractivity contribution in [3.63, 3.8) is 0 Å². The second-order valence-corrected chi connectivity index (χ2v) is 7.61. The van der Waals surface area contributed by atoms with Crippen LogP contribution in [0.25, 0.3) is 11.3 Å². The van der Waals surface area contributed by atoms with Crippen LogP contribution >= 0.6 is 0 Å². The number of aryl methyl sites for hydroxylation is 2. The van der Waals surface area contributed by atoms with Crippen LogP contribution in [0.2, 0.25) is 0 Å². The Morgan fingerprint density at radius 1 is 1.07 bits per heavy atom. The van der Waals surface area contributed by atoms with Gasteiger partial charge in [0.2, 0.25) is 0 Å². The molecular formula is C23H25N5O. The maximum Gasteiger partial charge on any atom is 0.179 e. The van der Waals surface area contributed by atoms with E-state index < -0.39 is 0 Å². The van der Waals surface area contributed by atoms with Gasteiger partial charge in [0.25, 0.3) is 0 Å². The van der Waals surface area contributed by atoms with Crippen molar-refractivity contribution >= 4 is 5.82 Å². The summed E-state index contributed by atoms with van der Waals surface area (Å²) < 4.78 is 7.83. The summed E-state index contributed by atoms with van der Waals surface area (Å²) in [5, 5.41) is 13.9. The van der Waals surface area contributed by atoms with Gasteiger partial charge < -0.3 is 15.4 Å². The van der Waals surface area contributed by atoms with Crippen molar-refractivity contribution in [2.45, 2.75) is 32.7 Å². The molecule has 1 aliphatic heterocycles. The number of aromatic nitrogens is 2. The molecule has 2 heterocycles. The van der Waals surface area contributed by atoms with Gasteiger partial charge in [-0.3, -0.25) is 0 Å². The molecule has 6 heteroatoms. The van der Waals surface area contributed by atoms with Crippen molar-refractivity contribution in [1.82, 2.24) is 14.7 Å². The number of hydrogen-bond acceptors (Lipinski definition) is 5. The summed E-state index contributed by atoms with van der Waals surface area (Å²) in [5.74, 6) is 2.23. The molecule has 1 fully saturated rings. The highest BCUT2D eigenvalue weighted by Crippen LogP contribution is 2.30. The minimum atomic E-state index is 0.129. The van der Waals surface area contributed by atoms with Gasteiger partial charge in [-0.15, -0.1) is 0 Å². The van der Waals surface area contributed by atoms with Crippen molar-refractivity contribution in [1.29, 1.82) is 5.26 Å². The number of ether oxygens (including phenoxy) is 1. The fourth-order valence-electron chi connectivity index (χ4n) is 3.69. The molecule has 148 valence electrons. The van der Waals surface area contributed by atoms with Crippen LogP contribution in [0.1, 0.15) is 30.0 Å². The summed E-state index contributed by atoms with van der Waals surface area (Å²) in [4.78, 5) is 1.77. The van der Waals surface area contributed by atoms with Gasteiger partial charge in [0, 0.05) is 18.2 Å². The molecule has 29 heavy (non-hydrogen) atoms. The Labute approximate surface area is 171 Å². The maximum absolute atomic E-state index is 9.17. The lowest BCUT2D eigenvalue weighted by atomic mass is 10.1. The predicted molar refractivity (Wildman–Crippen MR) is 114 cm³/mol. The van der Waals surface area contributed by atoms with Crippen LogP contribution < -0.4 is 10.5 Å². The Balaban J connectivity index is 1.50. The molecule has 0 spiro atoms. The highest BCUT2D eigenvalue weighted by molar-refractivity contribution is 5.63. The van der Waals surface area contributed by atoms with Gasteiger partial charge in [0.1, 0.15) is 17.3 Å². The average molecular weight is 387 g/mol. The number of anilines is 1. The molecule has 1 aromatic heterocycles. The second kappa shape index (κ2) is 7.88. The van der Waals surface area contributed by atoms with E-state index in [-0.39, 0.29) is 6.04 Å². The number of nitrogens with two attached hydrogens (primary N) is 1. The van der Waals surface area contributed by atoms with Gasteiger partial charge >= 0.3 is 0 Å². The molecule has 2 N–H and O–H groups in total. The lowest BCUT2D eigenvalue weighted by Crippen LogP contribution is -2.34. The topological polar surface area (TPSA) is 80.1 Å². The van der Waals surface area contributed by atoms with E-state index in [4.69, 9.17) is 15.6 Å². The molecule has 1 aliphatic rings. The van der Waals surface area contributed by atoms with E-state index in [2.05, 4.69) is 26.1 Å². The van der Waals surface area contributed by atoms with Crippen LogP contribution in [0.4, 0.5) is 5.82 Å². The van der Waals surface area contributed by atoms with Crippen LogP contribution in [0.5, 0.6) is 11.5 Å². The summed E-state index contributed by atoms with van der Waals surface area (Å²) in [6.45, 7) is 5.63. The van der Waals surface area contributed by atoms with E-state index in [1.54, 1.807) is 4.90 Å². The van der Waals surface area contributed by atoms with Crippen LogP contribution in [0.15, 0.2) is 48.5 Å². The third-order valence-electron chi connectivity index (χ3n) is 5.51. The Hall–Kier alpha value is -3.46. The first kappa shape index (κ1) is 18.9. The zero-order valence-electron chi connectivity index (χ0n) is 16.8. The Bertz CT molecular complexity index is 1050. The van der Waals surface area contributed by atoms with Crippen LogP contribution in [-0.4, -0.2) is 27.8 Å². The predicted octanol–water partition coefficient (Wildman–Crippen LogP) is 4.66. The first-order valence-electron chi connectivity index (χ1n) is 9.89. The SMILES string of the molecule is Cc1ccc(Oc2ccc(-c3cc(N)n([C@H]4CCCN(C#N)C4)n3)cc2)cc1C. The number of nitrogens with zero attached hydrogens (tertiary/aromatic N) is 4. The molecule has 1 atom stereocenters. The third-order valence-corrected chi connectivity index (χ3v) is 5.51. The normalized spacial score (nSPS) is 16.4. The molecule has 0 saturated carbocycles. The van der Waals surface area contributed by atoms with E-state index in [0.29, 0.717) is 12.4 Å². The van der Waals surface area contributed by atoms with Gasteiger partial charge in [0.15, 0.2) is 6.19 Å². The largest absolute Gasteiger partial charge is 0.457 e. The number of benzene rings is 2. The molecule has 1 saturated heterocycles. The van der Waals surface area contributed by atoms with E-state index in [1.807, 2.05) is 47.1 Å². The van der Waals surface area contributed by atoms with Crippen LogP contribution in [0, 0.1) is 25.3 Å². The molecule has 0 aliphatic carbocycles. The van der Waals surface area contributed by atoms with Crippen molar-refractivity contribution < 1.29 is 4.74 Å². The van der Waals surface area contributed by atoms with E-state index in [0.717, 1.165) is 42.1 Å². The standard InChI is InChI=1S/C23H25N5O/c1-16-5-8-21(12-17(16)2)29-20-9-6-18(7-10-20)22-13-23(25)28(26-22)19-4-3-11-27(14-19)15-24/h5-10,12-13,19H,3-4,11,14,25H2,1-2H3/t19-/m0/s1. The number of rotatable bonds is 4. The number of likely N-dealkylation sites (tertiary alicyclic amines) is 1. The smallest absolute Gasteiger partial charge is 0.179 e. The summed E-state index contributed by atoms with van der Waals surface area (Å²) in [5.41, 5.74) is 10.5. The number of nitrogen functional groups attached to an aromatic ring is 1. The van der Waals surface area contributed by atoms with Crippen molar-refractivity contribution in [3.8, 4) is 28.9 Å². The number of piperidine rings is 1. The fourth-order valence-corrected chi connectivity index (χ4v) is 3.69. The van der Waals surface area contributed by atoms with E-state index >= 15 is 0 Å². The van der Waals surface area contributed by atoms with Crippen LogP contribution in [0.3, 0.4) is 0 Å². The lowest BCUT2D eigenvalue weighted by molar-refractivity contribution is 0.235. The number of nitriles is 1. The Morgan fingerprint density at radius 2 is 1.83 bits per heavy atom. The molecule has 0 amide bonds. The van der Waals surface area contributed by atoms with Gasteiger partial charge in [0.05, 0.1) is 18.3 Å². The molecule has 0 bridgehead atoms.